The zero-order valence-electron chi connectivity index (χ0n) is 8.98. The minimum Gasteiger partial charge on any atom is -0.466 e. The van der Waals surface area contributed by atoms with E-state index in [2.05, 4.69) is 0 Å². The standard InChI is InChI=1S/C10H18O3S2/c1-2-13-9(12)6-8(11)7-10-14-4-3-5-15-10/h8,10-11H,2-7H2,1H3. The van der Waals surface area contributed by atoms with Gasteiger partial charge in [0.05, 0.1) is 23.7 Å². The summed E-state index contributed by atoms with van der Waals surface area (Å²) in [5, 5.41) is 9.67. The van der Waals surface area contributed by atoms with Crippen LogP contribution in [-0.2, 0) is 9.53 Å². The minimum absolute atomic E-state index is 0.130. The van der Waals surface area contributed by atoms with E-state index in [0.717, 1.165) is 0 Å². The molecule has 0 amide bonds. The molecule has 0 bridgehead atoms. The summed E-state index contributed by atoms with van der Waals surface area (Å²) in [6.45, 7) is 2.16. The third-order valence-corrected chi connectivity index (χ3v) is 5.06. The second kappa shape index (κ2) is 7.41. The number of aliphatic hydroxyl groups excluding tert-OH is 1. The van der Waals surface area contributed by atoms with Gasteiger partial charge in [-0.15, -0.1) is 23.5 Å². The van der Waals surface area contributed by atoms with Crippen LogP contribution in [0.3, 0.4) is 0 Å². The van der Waals surface area contributed by atoms with Crippen molar-refractivity contribution >= 4 is 29.5 Å². The summed E-state index contributed by atoms with van der Waals surface area (Å²) < 4.78 is 5.24. The van der Waals surface area contributed by atoms with Gasteiger partial charge in [-0.2, -0.15) is 0 Å². The van der Waals surface area contributed by atoms with Gasteiger partial charge in [-0.25, -0.2) is 0 Å². The first-order valence-electron chi connectivity index (χ1n) is 5.29. The van der Waals surface area contributed by atoms with E-state index in [1.807, 2.05) is 23.5 Å². The first-order chi connectivity index (χ1) is 7.22. The Morgan fingerprint density at radius 1 is 1.53 bits per heavy atom. The van der Waals surface area contributed by atoms with Crippen molar-refractivity contribution in [3.05, 3.63) is 0 Å². The van der Waals surface area contributed by atoms with Crippen LogP contribution in [0.1, 0.15) is 26.2 Å². The van der Waals surface area contributed by atoms with Crippen molar-refractivity contribution in [2.45, 2.75) is 36.9 Å². The summed E-state index contributed by atoms with van der Waals surface area (Å²) in [5.41, 5.74) is 0. The summed E-state index contributed by atoms with van der Waals surface area (Å²) in [6.07, 6.45) is 1.52. The molecule has 3 nitrogen and oxygen atoms in total. The molecule has 0 radical (unpaired) electrons. The normalized spacial score (nSPS) is 19.9. The van der Waals surface area contributed by atoms with E-state index in [4.69, 9.17) is 4.74 Å². The maximum atomic E-state index is 11.1. The van der Waals surface area contributed by atoms with Gasteiger partial charge in [-0.05, 0) is 31.3 Å². The first-order valence-corrected chi connectivity index (χ1v) is 7.39. The first kappa shape index (κ1) is 13.2. The largest absolute Gasteiger partial charge is 0.466 e. The van der Waals surface area contributed by atoms with E-state index in [1.54, 1.807) is 6.92 Å². The Bertz CT molecular complexity index is 193. The van der Waals surface area contributed by atoms with Crippen molar-refractivity contribution in [3.8, 4) is 0 Å². The summed E-state index contributed by atoms with van der Waals surface area (Å²) in [6, 6.07) is 0. The smallest absolute Gasteiger partial charge is 0.308 e. The zero-order chi connectivity index (χ0) is 11.1. The lowest BCUT2D eigenvalue weighted by molar-refractivity contribution is -0.145. The molecular weight excluding hydrogens is 232 g/mol. The highest BCUT2D eigenvalue weighted by molar-refractivity contribution is 8.17. The number of rotatable bonds is 5. The van der Waals surface area contributed by atoms with Crippen molar-refractivity contribution in [1.29, 1.82) is 0 Å². The van der Waals surface area contributed by atoms with Gasteiger partial charge >= 0.3 is 5.97 Å². The number of hydrogen-bond acceptors (Lipinski definition) is 5. The SMILES string of the molecule is CCOC(=O)CC(O)CC1SCCCS1. The van der Waals surface area contributed by atoms with Crippen LogP contribution < -0.4 is 0 Å². The number of ether oxygens (including phenoxy) is 1. The highest BCUT2D eigenvalue weighted by atomic mass is 32.2. The van der Waals surface area contributed by atoms with Gasteiger partial charge in [0.1, 0.15) is 0 Å². The van der Waals surface area contributed by atoms with Gasteiger partial charge in [0.15, 0.2) is 0 Å². The van der Waals surface area contributed by atoms with Crippen LogP contribution in [0.5, 0.6) is 0 Å². The predicted octanol–water partition coefficient (Wildman–Crippen LogP) is 1.89. The molecule has 1 atom stereocenters. The summed E-state index contributed by atoms with van der Waals surface area (Å²) >= 11 is 3.77. The molecule has 1 heterocycles. The Morgan fingerprint density at radius 2 is 2.20 bits per heavy atom. The molecule has 88 valence electrons. The second-order valence-electron chi connectivity index (χ2n) is 3.42. The van der Waals surface area contributed by atoms with Crippen LogP contribution in [0.2, 0.25) is 0 Å². The molecule has 0 aliphatic carbocycles. The topological polar surface area (TPSA) is 46.5 Å². The third-order valence-electron chi connectivity index (χ3n) is 2.07. The lowest BCUT2D eigenvalue weighted by Gasteiger charge is -2.22. The minimum atomic E-state index is -0.549. The quantitative estimate of drug-likeness (QED) is 0.755. The number of esters is 1. The maximum absolute atomic E-state index is 11.1. The van der Waals surface area contributed by atoms with E-state index < -0.39 is 6.10 Å². The monoisotopic (exact) mass is 250 g/mol. The van der Waals surface area contributed by atoms with Crippen molar-refractivity contribution in [2.24, 2.45) is 0 Å². The lowest BCUT2D eigenvalue weighted by Crippen LogP contribution is -2.20. The molecule has 5 heteroatoms. The van der Waals surface area contributed by atoms with Gasteiger partial charge in [-0.3, -0.25) is 4.79 Å². The molecule has 0 aromatic heterocycles. The Morgan fingerprint density at radius 3 is 2.80 bits per heavy atom. The Hall–Kier alpha value is 0.130. The Labute approximate surface area is 99.3 Å². The van der Waals surface area contributed by atoms with Crippen LogP contribution in [0.4, 0.5) is 0 Å². The van der Waals surface area contributed by atoms with E-state index in [1.165, 1.54) is 17.9 Å². The number of hydrogen-bond donors (Lipinski definition) is 1. The fraction of sp³-hybridized carbons (Fsp3) is 0.900. The van der Waals surface area contributed by atoms with Crippen molar-refractivity contribution in [2.75, 3.05) is 18.1 Å². The van der Waals surface area contributed by atoms with Crippen molar-refractivity contribution in [3.63, 3.8) is 0 Å². The molecule has 1 rings (SSSR count). The molecule has 0 aromatic rings. The number of thioether (sulfide) groups is 2. The van der Waals surface area contributed by atoms with Gasteiger partial charge in [0.2, 0.25) is 0 Å². The van der Waals surface area contributed by atoms with Crippen molar-refractivity contribution < 1.29 is 14.6 Å². The average Bonchev–Trinajstić information content (AvgIpc) is 2.19. The highest BCUT2D eigenvalue weighted by Crippen LogP contribution is 2.33. The molecule has 0 spiro atoms. The molecule has 1 saturated heterocycles. The van der Waals surface area contributed by atoms with Crippen LogP contribution in [-0.4, -0.2) is 39.9 Å². The van der Waals surface area contributed by atoms with Gasteiger partial charge in [0, 0.05) is 0 Å². The lowest BCUT2D eigenvalue weighted by atomic mass is 10.2. The molecule has 1 fully saturated rings. The number of carbonyl (C=O) groups excluding carboxylic acids is 1. The van der Waals surface area contributed by atoms with Crippen LogP contribution in [0, 0.1) is 0 Å². The molecular formula is C10H18O3S2. The fourth-order valence-corrected chi connectivity index (χ4v) is 4.40. The molecule has 15 heavy (non-hydrogen) atoms. The number of aliphatic hydroxyl groups is 1. The van der Waals surface area contributed by atoms with Crippen LogP contribution >= 0.6 is 23.5 Å². The molecule has 0 saturated carbocycles. The zero-order valence-corrected chi connectivity index (χ0v) is 10.6. The van der Waals surface area contributed by atoms with Gasteiger partial charge in [0.25, 0.3) is 0 Å². The summed E-state index contributed by atoms with van der Waals surface area (Å²) in [5.74, 6) is 2.05. The highest BCUT2D eigenvalue weighted by Gasteiger charge is 2.20. The summed E-state index contributed by atoms with van der Waals surface area (Å²) in [4.78, 5) is 11.1. The second-order valence-corrected chi connectivity index (χ2v) is 6.34. The molecule has 0 aromatic carbocycles. The fourth-order valence-electron chi connectivity index (χ4n) is 1.39. The van der Waals surface area contributed by atoms with Gasteiger partial charge in [-0.1, -0.05) is 0 Å². The summed E-state index contributed by atoms with van der Waals surface area (Å²) in [7, 11) is 0. The maximum Gasteiger partial charge on any atom is 0.308 e. The Balaban J connectivity index is 2.16. The predicted molar refractivity (Wildman–Crippen MR) is 65.2 cm³/mol. The van der Waals surface area contributed by atoms with E-state index in [0.29, 0.717) is 17.6 Å². The third kappa shape index (κ3) is 5.68. The van der Waals surface area contributed by atoms with E-state index >= 15 is 0 Å². The molecule has 1 aliphatic heterocycles. The molecule has 1 aliphatic rings. The van der Waals surface area contributed by atoms with E-state index in [9.17, 15) is 9.90 Å². The number of carbonyl (C=O) groups is 1. The van der Waals surface area contributed by atoms with Crippen LogP contribution in [0.25, 0.3) is 0 Å². The Kier molecular flexibility index (Phi) is 6.52. The molecule has 1 N–H and O–H groups in total. The molecule has 1 unspecified atom stereocenters. The van der Waals surface area contributed by atoms with E-state index in [-0.39, 0.29) is 12.4 Å². The van der Waals surface area contributed by atoms with Gasteiger partial charge < -0.3 is 9.84 Å². The van der Waals surface area contributed by atoms with Crippen LogP contribution in [0.15, 0.2) is 0 Å². The van der Waals surface area contributed by atoms with Crippen molar-refractivity contribution in [1.82, 2.24) is 0 Å². The average molecular weight is 250 g/mol.